The Bertz CT molecular complexity index is 838. The third-order valence-corrected chi connectivity index (χ3v) is 8.46. The summed E-state index contributed by atoms with van der Waals surface area (Å²) < 4.78 is 43.4. The summed E-state index contributed by atoms with van der Waals surface area (Å²) in [4.78, 5) is 16.8. The van der Waals surface area contributed by atoms with E-state index in [0.29, 0.717) is 24.6 Å². The summed E-state index contributed by atoms with van der Waals surface area (Å²) in [5, 5.41) is -0.598. The maximum Gasteiger partial charge on any atom is 0.314 e. The molecule has 0 aromatic carbocycles. The fourth-order valence-electron chi connectivity index (χ4n) is 4.80. The Morgan fingerprint density at radius 1 is 1.23 bits per heavy atom. The third-order valence-electron chi connectivity index (χ3n) is 6.61. The van der Waals surface area contributed by atoms with Gasteiger partial charge in [-0.2, -0.15) is 0 Å². The lowest BCUT2D eigenvalue weighted by molar-refractivity contribution is -0.158. The van der Waals surface area contributed by atoms with Gasteiger partial charge in [0, 0.05) is 11.8 Å². The maximum atomic E-state index is 12.5. The summed E-state index contributed by atoms with van der Waals surface area (Å²) in [6.45, 7) is 0.195. The summed E-state index contributed by atoms with van der Waals surface area (Å²) in [6.07, 6.45) is 6.53. The highest BCUT2D eigenvalue weighted by molar-refractivity contribution is 7.90. The zero-order valence-electron chi connectivity index (χ0n) is 17.9. The average molecular weight is 441 g/mol. The average Bonchev–Trinajstić information content (AvgIpc) is 3.24. The molecule has 2 aliphatic carbocycles. The topological polar surface area (TPSA) is 104 Å². The van der Waals surface area contributed by atoms with E-state index in [1.807, 2.05) is 6.07 Å². The summed E-state index contributed by atoms with van der Waals surface area (Å²) in [5.41, 5.74) is 0.229. The molecular formula is C21H32N2O6S. The molecule has 0 radical (unpaired) electrons. The second kappa shape index (κ2) is 9.62. The Hall–Kier alpha value is -1.71. The summed E-state index contributed by atoms with van der Waals surface area (Å²) in [7, 11) is 0.952. The van der Waals surface area contributed by atoms with E-state index in [1.54, 1.807) is 13.3 Å². The molecule has 0 bridgehead atoms. The number of nitrogens with zero attached hydrogens (tertiary/aromatic N) is 1. The van der Waals surface area contributed by atoms with Crippen LogP contribution in [0.2, 0.25) is 0 Å². The number of aromatic nitrogens is 1. The van der Waals surface area contributed by atoms with Gasteiger partial charge in [-0.1, -0.05) is 6.07 Å². The fraction of sp³-hybridized carbons (Fsp3) is 0.714. The van der Waals surface area contributed by atoms with E-state index in [1.165, 1.54) is 14.2 Å². The first-order chi connectivity index (χ1) is 14.3. The van der Waals surface area contributed by atoms with Crippen molar-refractivity contribution in [1.29, 1.82) is 0 Å². The quantitative estimate of drug-likeness (QED) is 0.619. The number of ether oxygens (including phenoxy) is 3. The number of carbonyl (C=O) groups is 1. The lowest BCUT2D eigenvalue weighted by atomic mass is 9.82. The lowest BCUT2D eigenvalue weighted by Gasteiger charge is -2.32. The fourth-order valence-corrected chi connectivity index (χ4v) is 6.10. The van der Waals surface area contributed by atoms with E-state index in [-0.39, 0.29) is 25.1 Å². The van der Waals surface area contributed by atoms with Gasteiger partial charge >= 0.3 is 5.97 Å². The number of methoxy groups -OCH3 is 2. The summed E-state index contributed by atoms with van der Waals surface area (Å²) >= 11 is 0. The van der Waals surface area contributed by atoms with Gasteiger partial charge in [-0.15, -0.1) is 0 Å². The van der Waals surface area contributed by atoms with Crippen molar-refractivity contribution in [2.24, 2.45) is 5.41 Å². The van der Waals surface area contributed by atoms with Crippen molar-refractivity contribution < 1.29 is 27.4 Å². The molecule has 0 amide bonds. The van der Waals surface area contributed by atoms with Crippen LogP contribution < -0.4 is 9.46 Å². The van der Waals surface area contributed by atoms with Crippen LogP contribution in [0.25, 0.3) is 0 Å². The molecule has 0 unspecified atom stereocenters. The molecule has 30 heavy (non-hydrogen) atoms. The highest BCUT2D eigenvalue weighted by atomic mass is 32.2. The van der Waals surface area contributed by atoms with Crippen molar-refractivity contribution in [3.63, 3.8) is 0 Å². The first-order valence-corrected chi connectivity index (χ1v) is 12.0. The number of sulfonamides is 1. The molecular weight excluding hydrogens is 408 g/mol. The second-order valence-electron chi connectivity index (χ2n) is 8.27. The van der Waals surface area contributed by atoms with Crippen LogP contribution in [0.3, 0.4) is 0 Å². The first-order valence-electron chi connectivity index (χ1n) is 10.5. The predicted molar refractivity (Wildman–Crippen MR) is 112 cm³/mol. The molecule has 1 heterocycles. The van der Waals surface area contributed by atoms with Gasteiger partial charge in [0.1, 0.15) is 0 Å². The van der Waals surface area contributed by atoms with E-state index in [9.17, 15) is 13.2 Å². The molecule has 1 N–H and O–H groups in total. The molecule has 0 saturated heterocycles. The van der Waals surface area contributed by atoms with E-state index in [4.69, 9.17) is 14.2 Å². The van der Waals surface area contributed by atoms with Crippen LogP contribution in [0.5, 0.6) is 5.88 Å². The van der Waals surface area contributed by atoms with E-state index >= 15 is 0 Å². The van der Waals surface area contributed by atoms with Crippen LogP contribution in [-0.2, 0) is 24.3 Å². The van der Waals surface area contributed by atoms with E-state index < -0.39 is 20.7 Å². The maximum absolute atomic E-state index is 12.5. The van der Waals surface area contributed by atoms with E-state index in [0.717, 1.165) is 31.2 Å². The number of hydrogen-bond donors (Lipinski definition) is 1. The largest absolute Gasteiger partial charge is 0.481 e. The predicted octanol–water partition coefficient (Wildman–Crippen LogP) is 2.39. The minimum absolute atomic E-state index is 0.0467. The van der Waals surface area contributed by atoms with Crippen LogP contribution in [0, 0.1) is 5.41 Å². The molecule has 2 atom stereocenters. The molecule has 2 fully saturated rings. The summed E-state index contributed by atoms with van der Waals surface area (Å²) in [6, 6.07) is 3.99. The van der Waals surface area contributed by atoms with Gasteiger partial charge in [0.2, 0.25) is 15.9 Å². The molecule has 8 nitrogen and oxygen atoms in total. The van der Waals surface area contributed by atoms with Gasteiger partial charge in [0.05, 0.1) is 37.6 Å². The minimum atomic E-state index is -3.43. The number of pyridine rings is 1. The molecule has 0 aliphatic heterocycles. The highest BCUT2D eigenvalue weighted by Crippen LogP contribution is 2.44. The van der Waals surface area contributed by atoms with Crippen LogP contribution in [-0.4, -0.2) is 58.6 Å². The van der Waals surface area contributed by atoms with Crippen molar-refractivity contribution in [3.05, 3.63) is 23.9 Å². The van der Waals surface area contributed by atoms with Crippen LogP contribution in [0.1, 0.15) is 56.4 Å². The molecule has 2 aliphatic rings. The normalized spacial score (nSPS) is 29.5. The lowest BCUT2D eigenvalue weighted by Crippen LogP contribution is -2.39. The monoisotopic (exact) mass is 440 g/mol. The van der Waals surface area contributed by atoms with Crippen molar-refractivity contribution >= 4 is 16.0 Å². The zero-order valence-corrected chi connectivity index (χ0v) is 18.7. The Kier molecular flexibility index (Phi) is 7.36. The van der Waals surface area contributed by atoms with Gasteiger partial charge in [0.15, 0.2) is 0 Å². The minimum Gasteiger partial charge on any atom is -0.481 e. The number of rotatable bonds is 8. The number of carbonyl (C=O) groups excluding carboxylic acids is 1. The van der Waals surface area contributed by atoms with Crippen molar-refractivity contribution in [2.45, 2.75) is 62.2 Å². The Labute approximate surface area is 178 Å². The van der Waals surface area contributed by atoms with Gasteiger partial charge in [-0.3, -0.25) is 4.79 Å². The van der Waals surface area contributed by atoms with Gasteiger partial charge in [-0.25, -0.2) is 18.1 Å². The van der Waals surface area contributed by atoms with Crippen molar-refractivity contribution in [2.75, 3.05) is 27.9 Å². The van der Waals surface area contributed by atoms with Gasteiger partial charge in [0.25, 0.3) is 0 Å². The summed E-state index contributed by atoms with van der Waals surface area (Å²) in [5.74, 6) is 0.666. The van der Waals surface area contributed by atoms with Gasteiger partial charge < -0.3 is 14.2 Å². The Morgan fingerprint density at radius 3 is 2.60 bits per heavy atom. The van der Waals surface area contributed by atoms with Crippen LogP contribution in [0.15, 0.2) is 18.3 Å². The SMILES string of the molecule is CNS(=O)(=O)[C@H]1CC[C@](COC2CCC(c3cccnc3OC)CC2)(C(=O)OC)C1. The zero-order chi connectivity index (χ0) is 21.8. The molecule has 0 spiro atoms. The molecule has 1 aromatic rings. The number of esters is 1. The van der Waals surface area contributed by atoms with Crippen LogP contribution >= 0.6 is 0 Å². The van der Waals surface area contributed by atoms with Crippen LogP contribution in [0.4, 0.5) is 0 Å². The highest BCUT2D eigenvalue weighted by Gasteiger charge is 2.50. The Balaban J connectivity index is 1.59. The Morgan fingerprint density at radius 2 is 1.97 bits per heavy atom. The van der Waals surface area contributed by atoms with Crippen molar-refractivity contribution in [3.8, 4) is 5.88 Å². The third kappa shape index (κ3) is 4.78. The smallest absolute Gasteiger partial charge is 0.314 e. The molecule has 3 rings (SSSR count). The number of nitrogens with one attached hydrogen (secondary N) is 1. The van der Waals surface area contributed by atoms with Crippen molar-refractivity contribution in [1.82, 2.24) is 9.71 Å². The van der Waals surface area contributed by atoms with Gasteiger partial charge in [-0.05, 0) is 64.0 Å². The molecule has 2 saturated carbocycles. The molecule has 1 aromatic heterocycles. The van der Waals surface area contributed by atoms with E-state index in [2.05, 4.69) is 15.8 Å². The number of hydrogen-bond acceptors (Lipinski definition) is 7. The standard InChI is InChI=1S/C21H32N2O6S/c1-22-30(25,26)17-10-11-21(13-17,20(24)28-3)14-29-16-8-6-15(7-9-16)18-5-4-12-23-19(18)27-2/h4-5,12,15-17,22H,6-11,13-14H2,1-3H3/t15?,16?,17-,21-/m0/s1. The molecule has 168 valence electrons. The molecule has 9 heteroatoms. The second-order valence-corrected chi connectivity index (χ2v) is 10.4. The first kappa shape index (κ1) is 23.0.